The van der Waals surface area contributed by atoms with E-state index >= 15 is 0 Å². The zero-order valence-electron chi connectivity index (χ0n) is 23.6. The molecule has 0 atom stereocenters. The molecule has 0 aliphatic carbocycles. The number of hydrogen-bond acceptors (Lipinski definition) is 7. The number of rotatable bonds is 8. The van der Waals surface area contributed by atoms with Gasteiger partial charge in [-0.15, -0.1) is 10.2 Å². The molecule has 0 spiro atoms. The first-order chi connectivity index (χ1) is 20.6. The molecule has 42 heavy (non-hydrogen) atoms. The fraction of sp³-hybridized carbons (Fsp3) is 0.273. The highest BCUT2D eigenvalue weighted by Crippen LogP contribution is 2.33. The molecule has 2 aliphatic rings. The summed E-state index contributed by atoms with van der Waals surface area (Å²) in [4.78, 5) is 31.5. The lowest BCUT2D eigenvalue weighted by molar-refractivity contribution is -0.141. The van der Waals surface area contributed by atoms with E-state index in [2.05, 4.69) is 51.5 Å². The van der Waals surface area contributed by atoms with Crippen molar-refractivity contribution in [2.24, 2.45) is 0 Å². The van der Waals surface area contributed by atoms with Crippen molar-refractivity contribution in [1.29, 1.82) is 0 Å². The highest BCUT2D eigenvalue weighted by atomic mass is 16.7. The number of ether oxygens (including phenoxy) is 2. The summed E-state index contributed by atoms with van der Waals surface area (Å²) in [6, 6.07) is 28.2. The van der Waals surface area contributed by atoms with Gasteiger partial charge in [0.05, 0.1) is 5.69 Å². The lowest BCUT2D eigenvalue weighted by Gasteiger charge is -2.36. The Kier molecular flexibility index (Phi) is 7.98. The van der Waals surface area contributed by atoms with Gasteiger partial charge in [0.1, 0.15) is 6.54 Å². The van der Waals surface area contributed by atoms with Crippen molar-refractivity contribution in [2.45, 2.75) is 19.9 Å². The lowest BCUT2D eigenvalue weighted by atomic mass is 10.0. The fourth-order valence-corrected chi connectivity index (χ4v) is 5.28. The first-order valence-electron chi connectivity index (χ1n) is 14.3. The minimum atomic E-state index is -0.0651. The number of carbonyl (C=O) groups is 2. The molecule has 0 radical (unpaired) electrons. The first kappa shape index (κ1) is 27.3. The van der Waals surface area contributed by atoms with Gasteiger partial charge in [0.2, 0.25) is 18.6 Å². The molecule has 0 saturated carbocycles. The monoisotopic (exact) mass is 563 g/mol. The van der Waals surface area contributed by atoms with Crippen LogP contribution in [0.15, 0.2) is 84.9 Å². The van der Waals surface area contributed by atoms with Crippen LogP contribution in [0.4, 0.5) is 5.82 Å². The van der Waals surface area contributed by atoms with Gasteiger partial charge in [0, 0.05) is 44.7 Å². The number of anilines is 1. The van der Waals surface area contributed by atoms with E-state index in [1.165, 1.54) is 5.56 Å². The number of piperazine rings is 1. The number of hydrogen-bond donors (Lipinski definition) is 0. The van der Waals surface area contributed by atoms with Crippen molar-refractivity contribution >= 4 is 17.6 Å². The molecule has 6 rings (SSSR count). The minimum absolute atomic E-state index is 0.0404. The van der Waals surface area contributed by atoms with Gasteiger partial charge >= 0.3 is 0 Å². The number of fused-ring (bicyclic) bond motifs is 1. The number of aromatic nitrogens is 2. The van der Waals surface area contributed by atoms with E-state index in [0.717, 1.165) is 28.2 Å². The van der Waals surface area contributed by atoms with Gasteiger partial charge in [-0.25, -0.2) is 0 Å². The Morgan fingerprint density at radius 3 is 2.21 bits per heavy atom. The third-order valence-corrected chi connectivity index (χ3v) is 7.69. The van der Waals surface area contributed by atoms with Gasteiger partial charge in [-0.2, -0.15) is 0 Å². The molecule has 9 nitrogen and oxygen atoms in total. The first-order valence-corrected chi connectivity index (χ1v) is 14.3. The van der Waals surface area contributed by atoms with Crippen LogP contribution in [0.1, 0.15) is 18.9 Å². The van der Waals surface area contributed by atoms with E-state index in [4.69, 9.17) is 9.47 Å². The smallest absolute Gasteiger partial charge is 0.242 e. The molecule has 0 N–H and O–H groups in total. The SMILES string of the molecule is CCC(=O)N(CC(=O)N1CCN(c2ccc(-c3ccc(-c4ccccc4)cc3)nn2)CC1)Cc1ccc2c(c1)OCO2. The Morgan fingerprint density at radius 2 is 1.50 bits per heavy atom. The minimum Gasteiger partial charge on any atom is -0.454 e. The average Bonchev–Trinajstić information content (AvgIpc) is 3.53. The molecular formula is C33H33N5O4. The van der Waals surface area contributed by atoms with Crippen LogP contribution in [0.3, 0.4) is 0 Å². The van der Waals surface area contributed by atoms with E-state index in [-0.39, 0.29) is 25.2 Å². The summed E-state index contributed by atoms with van der Waals surface area (Å²) in [5.41, 5.74) is 5.06. The molecular weight excluding hydrogens is 530 g/mol. The summed E-state index contributed by atoms with van der Waals surface area (Å²) in [6.07, 6.45) is 0.331. The van der Waals surface area contributed by atoms with Gasteiger partial charge in [-0.3, -0.25) is 9.59 Å². The predicted octanol–water partition coefficient (Wildman–Crippen LogP) is 4.63. The van der Waals surface area contributed by atoms with E-state index in [9.17, 15) is 9.59 Å². The molecule has 0 bridgehead atoms. The summed E-state index contributed by atoms with van der Waals surface area (Å²) >= 11 is 0. The normalized spacial score (nSPS) is 14.1. The van der Waals surface area contributed by atoms with Crippen molar-refractivity contribution in [3.63, 3.8) is 0 Å². The third kappa shape index (κ3) is 6.05. The molecule has 1 saturated heterocycles. The Bertz CT molecular complexity index is 1540. The van der Waals surface area contributed by atoms with Crippen LogP contribution in [0, 0.1) is 0 Å². The molecule has 214 valence electrons. The zero-order valence-corrected chi connectivity index (χ0v) is 23.6. The van der Waals surface area contributed by atoms with Crippen LogP contribution >= 0.6 is 0 Å². The Labute approximate surface area is 245 Å². The summed E-state index contributed by atoms with van der Waals surface area (Å²) in [6.45, 7) is 4.79. The van der Waals surface area contributed by atoms with Crippen LogP contribution in [0.2, 0.25) is 0 Å². The maximum absolute atomic E-state index is 13.2. The molecule has 2 amide bonds. The Morgan fingerprint density at radius 1 is 0.786 bits per heavy atom. The molecule has 3 aromatic carbocycles. The molecule has 4 aromatic rings. The van der Waals surface area contributed by atoms with E-state index in [1.807, 2.05) is 60.4 Å². The van der Waals surface area contributed by atoms with Crippen molar-refractivity contribution in [2.75, 3.05) is 44.4 Å². The number of amides is 2. The van der Waals surface area contributed by atoms with Crippen molar-refractivity contribution in [3.8, 4) is 33.9 Å². The van der Waals surface area contributed by atoms with Crippen LogP contribution in [-0.4, -0.2) is 71.3 Å². The number of benzene rings is 3. The van der Waals surface area contributed by atoms with Crippen LogP contribution in [-0.2, 0) is 16.1 Å². The molecule has 0 unspecified atom stereocenters. The van der Waals surface area contributed by atoms with E-state index < -0.39 is 0 Å². The van der Waals surface area contributed by atoms with E-state index in [1.54, 1.807) is 4.90 Å². The van der Waals surface area contributed by atoms with Gasteiger partial charge in [0.25, 0.3) is 0 Å². The maximum atomic E-state index is 13.2. The molecule has 1 fully saturated rings. The summed E-state index contributed by atoms with van der Waals surface area (Å²) < 4.78 is 10.8. The van der Waals surface area contributed by atoms with Crippen molar-refractivity contribution < 1.29 is 19.1 Å². The van der Waals surface area contributed by atoms with Crippen LogP contribution < -0.4 is 14.4 Å². The van der Waals surface area contributed by atoms with Gasteiger partial charge in [-0.1, -0.05) is 67.6 Å². The van der Waals surface area contributed by atoms with Crippen molar-refractivity contribution in [3.05, 3.63) is 90.5 Å². The van der Waals surface area contributed by atoms with Gasteiger partial charge < -0.3 is 24.2 Å². The summed E-state index contributed by atoms with van der Waals surface area (Å²) in [7, 11) is 0. The fourth-order valence-electron chi connectivity index (χ4n) is 5.28. The standard InChI is InChI=1S/C33H33N5O4/c1-2-32(39)38(21-24-8-14-29-30(20-24)42-23-41-29)22-33(40)37-18-16-36(17-19-37)31-15-13-28(34-35-31)27-11-9-26(10-12-27)25-6-4-3-5-7-25/h3-15,20H,2,16-19,21-23H2,1H3. The topological polar surface area (TPSA) is 88.1 Å². The molecule has 1 aromatic heterocycles. The second kappa shape index (κ2) is 12.3. The zero-order chi connectivity index (χ0) is 28.9. The Balaban J connectivity index is 1.03. The van der Waals surface area contributed by atoms with Crippen LogP contribution in [0.25, 0.3) is 22.4 Å². The second-order valence-corrected chi connectivity index (χ2v) is 10.4. The second-order valence-electron chi connectivity index (χ2n) is 10.4. The van der Waals surface area contributed by atoms with Gasteiger partial charge in [-0.05, 0) is 41.0 Å². The highest BCUT2D eigenvalue weighted by Gasteiger charge is 2.25. The number of nitrogens with zero attached hydrogens (tertiary/aromatic N) is 5. The van der Waals surface area contributed by atoms with E-state index in [0.29, 0.717) is 50.6 Å². The predicted molar refractivity (Wildman–Crippen MR) is 160 cm³/mol. The van der Waals surface area contributed by atoms with Crippen LogP contribution in [0.5, 0.6) is 11.5 Å². The van der Waals surface area contributed by atoms with Crippen molar-refractivity contribution in [1.82, 2.24) is 20.0 Å². The number of carbonyl (C=O) groups excluding carboxylic acids is 2. The molecule has 9 heteroatoms. The third-order valence-electron chi connectivity index (χ3n) is 7.69. The lowest BCUT2D eigenvalue weighted by Crippen LogP contribution is -2.52. The quantitative estimate of drug-likeness (QED) is 0.309. The molecule has 3 heterocycles. The Hall–Kier alpha value is -4.92. The summed E-state index contributed by atoms with van der Waals surface area (Å²) in [5, 5.41) is 8.96. The maximum Gasteiger partial charge on any atom is 0.242 e. The molecule has 2 aliphatic heterocycles. The highest BCUT2D eigenvalue weighted by molar-refractivity contribution is 5.85. The average molecular weight is 564 g/mol. The summed E-state index contributed by atoms with van der Waals surface area (Å²) in [5.74, 6) is 2.02. The van der Waals surface area contributed by atoms with Gasteiger partial charge in [0.15, 0.2) is 17.3 Å². The largest absolute Gasteiger partial charge is 0.454 e.